The average Bonchev–Trinajstić information content (AvgIpc) is 3.34. The van der Waals surface area contributed by atoms with E-state index in [1.54, 1.807) is 72.1 Å². The second-order valence-electron chi connectivity index (χ2n) is 10.6. The zero-order chi connectivity index (χ0) is 34.8. The van der Waals surface area contributed by atoms with Gasteiger partial charge >= 0.3 is 18.7 Å². The molecule has 1 atom stereocenters. The first-order valence-electron chi connectivity index (χ1n) is 14.0. The Morgan fingerprint density at radius 3 is 1.88 bits per heavy atom. The first-order valence-corrected chi connectivity index (χ1v) is 15.6. The third-order valence-electron chi connectivity index (χ3n) is 6.82. The first kappa shape index (κ1) is 35.0. The summed E-state index contributed by atoms with van der Waals surface area (Å²) < 4.78 is 87.0. The number of benzene rings is 4. The Hall–Kier alpha value is -4.31. The van der Waals surface area contributed by atoms with E-state index in [2.05, 4.69) is 9.47 Å². The highest BCUT2D eigenvalue weighted by Crippen LogP contribution is 2.42. The fourth-order valence-electron chi connectivity index (χ4n) is 4.80. The summed E-state index contributed by atoms with van der Waals surface area (Å²) in [5.74, 6) is -2.10. The third kappa shape index (κ3) is 8.98. The van der Waals surface area contributed by atoms with Crippen LogP contribution in [0.2, 0.25) is 0 Å². The molecule has 1 unspecified atom stereocenters. The van der Waals surface area contributed by atoms with Gasteiger partial charge in [-0.15, -0.1) is 26.3 Å². The molecule has 0 spiro atoms. The van der Waals surface area contributed by atoms with Crippen LogP contribution < -0.4 is 9.47 Å². The van der Waals surface area contributed by atoms with Crippen LogP contribution in [0.5, 0.6) is 11.5 Å². The molecule has 0 radical (unpaired) electrons. The summed E-state index contributed by atoms with van der Waals surface area (Å²) in [5.41, 5.74) is 1.74. The summed E-state index contributed by atoms with van der Waals surface area (Å²) in [6.07, 6.45) is -10.7. The number of aromatic carboxylic acids is 1. The van der Waals surface area contributed by atoms with Crippen LogP contribution in [0.3, 0.4) is 0 Å². The number of nitrogens with zero attached hydrogens (tertiary/aromatic N) is 2. The maximum atomic E-state index is 12.9. The van der Waals surface area contributed by atoms with Gasteiger partial charge < -0.3 is 24.3 Å². The summed E-state index contributed by atoms with van der Waals surface area (Å²) in [4.78, 5) is 15.8. The van der Waals surface area contributed by atoms with Crippen LogP contribution in [-0.4, -0.2) is 52.5 Å². The van der Waals surface area contributed by atoms with Crippen molar-refractivity contribution >= 4 is 40.4 Å². The monoisotopic (exact) mass is 708 g/mol. The lowest BCUT2D eigenvalue weighted by atomic mass is 10.1. The second-order valence-corrected chi connectivity index (χ2v) is 12.9. The van der Waals surface area contributed by atoms with Crippen LogP contribution in [0.4, 0.5) is 26.3 Å². The summed E-state index contributed by atoms with van der Waals surface area (Å²) in [5, 5.41) is 21.0. The number of aromatic nitrogens is 1. The van der Waals surface area contributed by atoms with Crippen molar-refractivity contribution in [2.24, 2.45) is 0 Å². The molecular weight excluding hydrogens is 682 g/mol. The van der Waals surface area contributed by atoms with E-state index in [0.717, 1.165) is 35.7 Å². The van der Waals surface area contributed by atoms with Crippen LogP contribution in [0.1, 0.15) is 27.8 Å². The summed E-state index contributed by atoms with van der Waals surface area (Å²) in [6, 6.07) is 22.4. The van der Waals surface area contributed by atoms with Crippen LogP contribution in [0.15, 0.2) is 111 Å². The molecule has 0 saturated carbocycles. The lowest BCUT2D eigenvalue weighted by Crippen LogP contribution is -2.19. The molecule has 4 aromatic carbocycles. The summed E-state index contributed by atoms with van der Waals surface area (Å²) >= 11 is 2.16. The predicted molar refractivity (Wildman–Crippen MR) is 168 cm³/mol. The number of rotatable bonds is 11. The molecular formula is C33H26F6N2O5S2. The molecule has 0 aliphatic rings. The van der Waals surface area contributed by atoms with E-state index >= 15 is 0 Å². The van der Waals surface area contributed by atoms with E-state index in [4.69, 9.17) is 0 Å². The average molecular weight is 709 g/mol. The number of alkyl halides is 6. The van der Waals surface area contributed by atoms with Crippen LogP contribution >= 0.6 is 23.5 Å². The molecule has 252 valence electrons. The highest BCUT2D eigenvalue weighted by Gasteiger charge is 2.32. The van der Waals surface area contributed by atoms with Crippen LogP contribution in [0, 0.1) is 0 Å². The molecule has 1 aromatic heterocycles. The number of aliphatic hydroxyl groups is 1. The number of fused-ring (bicyclic) bond motifs is 1. The molecule has 0 bridgehead atoms. The van der Waals surface area contributed by atoms with Crippen molar-refractivity contribution in [1.29, 1.82) is 0 Å². The largest absolute Gasteiger partial charge is 0.573 e. The Labute approximate surface area is 278 Å². The van der Waals surface area contributed by atoms with Crippen molar-refractivity contribution in [2.75, 3.05) is 14.1 Å². The van der Waals surface area contributed by atoms with E-state index in [-0.39, 0.29) is 12.2 Å². The topological polar surface area (TPSA) is 84.2 Å². The molecule has 5 rings (SSSR count). The van der Waals surface area contributed by atoms with Crippen molar-refractivity contribution < 1.29 is 50.8 Å². The molecule has 48 heavy (non-hydrogen) atoms. The van der Waals surface area contributed by atoms with E-state index in [1.807, 2.05) is 0 Å². The van der Waals surface area contributed by atoms with Gasteiger partial charge in [-0.1, -0.05) is 59.9 Å². The molecule has 5 aromatic rings. The fraction of sp³-hybridized carbons (Fsp3) is 0.182. The highest BCUT2D eigenvalue weighted by atomic mass is 32.2. The van der Waals surface area contributed by atoms with Crippen molar-refractivity contribution in [1.82, 2.24) is 9.47 Å². The van der Waals surface area contributed by atoms with Crippen molar-refractivity contribution in [3.05, 3.63) is 108 Å². The van der Waals surface area contributed by atoms with E-state index in [1.165, 1.54) is 30.3 Å². The van der Waals surface area contributed by atoms with Crippen molar-refractivity contribution in [3.8, 4) is 11.5 Å². The zero-order valence-corrected chi connectivity index (χ0v) is 26.7. The number of aliphatic hydroxyl groups excluding tert-OH is 1. The summed E-state index contributed by atoms with van der Waals surface area (Å²) in [7, 11) is 3.43. The van der Waals surface area contributed by atoms with Crippen LogP contribution in [-0.2, 0) is 6.54 Å². The Morgan fingerprint density at radius 2 is 1.35 bits per heavy atom. The maximum Gasteiger partial charge on any atom is 0.573 e. The molecule has 0 fully saturated rings. The van der Waals surface area contributed by atoms with Gasteiger partial charge in [-0.25, -0.2) is 4.79 Å². The van der Waals surface area contributed by atoms with Gasteiger partial charge in [-0.05, 0) is 79.8 Å². The van der Waals surface area contributed by atoms with Gasteiger partial charge in [-0.2, -0.15) is 0 Å². The normalized spacial score (nSPS) is 12.8. The Kier molecular flexibility index (Phi) is 10.2. The minimum atomic E-state index is -4.91. The minimum Gasteiger partial charge on any atom is -0.477 e. The molecule has 0 aliphatic heterocycles. The second kappa shape index (κ2) is 14.0. The van der Waals surface area contributed by atoms with Gasteiger partial charge in [0.1, 0.15) is 23.4 Å². The number of ether oxygens (including phenoxy) is 2. The van der Waals surface area contributed by atoms with Gasteiger partial charge in [-0.3, -0.25) is 4.90 Å². The number of hydrogen-bond donors (Lipinski definition) is 2. The summed E-state index contributed by atoms with van der Waals surface area (Å²) in [6.45, 7) is 0.103. The Bertz CT molecular complexity index is 1930. The standard InChI is InChI=1S/C33H26F6N2O5S2/c1-40(2)30(42)20-11-9-19(10-12-20)18-41-27-15-25(47-23-7-3-5-21(13-23)45-32(34,35)36)16-29(26(27)17-28(41)31(43)44)48-24-8-4-6-22(14-24)46-33(37,38)39/h3-17,30,42H,18H2,1-2H3,(H,43,44). The number of carboxylic acid groups (broad SMARTS) is 1. The Morgan fingerprint density at radius 1 is 0.792 bits per heavy atom. The number of halogens is 6. The van der Waals surface area contributed by atoms with Gasteiger partial charge in [0.25, 0.3) is 0 Å². The SMILES string of the molecule is CN(C)C(O)c1ccc(Cn2c(C(=O)O)cc3c(Sc4cccc(OC(F)(F)F)c4)cc(Sc4cccc(OC(F)(F)F)c4)cc32)cc1. The van der Waals surface area contributed by atoms with Crippen molar-refractivity contribution in [3.63, 3.8) is 0 Å². The minimum absolute atomic E-state index is 0.0684. The van der Waals surface area contributed by atoms with Gasteiger partial charge in [0.15, 0.2) is 0 Å². The Balaban J connectivity index is 1.60. The predicted octanol–water partition coefficient (Wildman–Crippen LogP) is 9.04. The lowest BCUT2D eigenvalue weighted by Gasteiger charge is -2.19. The van der Waals surface area contributed by atoms with Gasteiger partial charge in [0.2, 0.25) is 0 Å². The quantitative estimate of drug-likeness (QED) is 0.104. The smallest absolute Gasteiger partial charge is 0.477 e. The van der Waals surface area contributed by atoms with Crippen LogP contribution in [0.25, 0.3) is 10.9 Å². The third-order valence-corrected chi connectivity index (χ3v) is 8.83. The van der Waals surface area contributed by atoms with E-state index in [0.29, 0.717) is 41.6 Å². The molecule has 2 N–H and O–H groups in total. The van der Waals surface area contributed by atoms with E-state index < -0.39 is 36.4 Å². The molecule has 0 saturated heterocycles. The maximum absolute atomic E-state index is 12.9. The highest BCUT2D eigenvalue weighted by molar-refractivity contribution is 8.00. The lowest BCUT2D eigenvalue weighted by molar-refractivity contribution is -0.275. The molecule has 0 amide bonds. The van der Waals surface area contributed by atoms with E-state index in [9.17, 15) is 41.4 Å². The fourth-order valence-corrected chi connectivity index (χ4v) is 6.85. The molecule has 7 nitrogen and oxygen atoms in total. The first-order chi connectivity index (χ1) is 22.5. The zero-order valence-electron chi connectivity index (χ0n) is 25.0. The number of hydrogen-bond acceptors (Lipinski definition) is 7. The molecule has 15 heteroatoms. The number of carboxylic acids is 1. The van der Waals surface area contributed by atoms with Crippen molar-refractivity contribution in [2.45, 2.75) is 45.1 Å². The van der Waals surface area contributed by atoms with Gasteiger partial charge in [0, 0.05) is 31.5 Å². The van der Waals surface area contributed by atoms with Gasteiger partial charge in [0.05, 0.1) is 5.52 Å². The molecule has 0 aliphatic carbocycles. The molecule has 1 heterocycles. The number of carbonyl (C=O) groups is 1.